The molecule has 0 radical (unpaired) electrons. The second-order valence-corrected chi connectivity index (χ2v) is 12.0. The Kier molecular flexibility index (Phi) is 14.4. The lowest BCUT2D eigenvalue weighted by molar-refractivity contribution is -0.190. The summed E-state index contributed by atoms with van der Waals surface area (Å²) in [6, 6.07) is 0. The number of ether oxygens (including phenoxy) is 6. The summed E-state index contributed by atoms with van der Waals surface area (Å²) in [7, 11) is 0. The minimum atomic E-state index is -1.72. The SMILES string of the molecule is C=C(C)C(=O)OCC(COC(=O)C(=C)C)OC(=O)C1C2C=CC(C1C(=O)O)C(C(=O)OC(COC(=O)C(=C)C)COC(=O)C(=C)C)C2C(=O)O. The first-order valence-corrected chi connectivity index (χ1v) is 15.1. The monoisotopic (exact) mass is 704 g/mol. The molecule has 50 heavy (non-hydrogen) atoms. The van der Waals surface area contributed by atoms with Crippen LogP contribution in [0.2, 0.25) is 0 Å². The zero-order valence-electron chi connectivity index (χ0n) is 28.0. The summed E-state index contributed by atoms with van der Waals surface area (Å²) in [6.07, 6.45) is -0.337. The molecule has 3 aliphatic rings. The van der Waals surface area contributed by atoms with Crippen molar-refractivity contribution in [2.24, 2.45) is 35.5 Å². The summed E-state index contributed by atoms with van der Waals surface area (Å²) in [5, 5.41) is 20.5. The van der Waals surface area contributed by atoms with E-state index in [-0.39, 0.29) is 22.3 Å². The molecule has 0 aromatic carbocycles. The third-order valence-electron chi connectivity index (χ3n) is 7.66. The lowest BCUT2D eigenvalue weighted by Crippen LogP contribution is -2.58. The number of aliphatic carboxylic acids is 2. The van der Waals surface area contributed by atoms with E-state index in [4.69, 9.17) is 28.4 Å². The largest absolute Gasteiger partial charge is 0.481 e. The predicted octanol–water partition coefficient (Wildman–Crippen LogP) is 1.74. The van der Waals surface area contributed by atoms with Crippen LogP contribution < -0.4 is 0 Å². The van der Waals surface area contributed by atoms with Gasteiger partial charge >= 0.3 is 47.8 Å². The van der Waals surface area contributed by atoms with Gasteiger partial charge in [0.1, 0.15) is 26.4 Å². The van der Waals surface area contributed by atoms with Crippen molar-refractivity contribution in [3.8, 4) is 0 Å². The number of carboxylic acid groups (broad SMARTS) is 2. The lowest BCUT2D eigenvalue weighted by Gasteiger charge is -2.48. The van der Waals surface area contributed by atoms with E-state index < -0.39 is 122 Å². The van der Waals surface area contributed by atoms with Crippen LogP contribution in [-0.2, 0) is 66.8 Å². The smallest absolute Gasteiger partial charge is 0.333 e. The van der Waals surface area contributed by atoms with Crippen LogP contribution in [0.3, 0.4) is 0 Å². The Balaban J connectivity index is 2.41. The maximum absolute atomic E-state index is 13.6. The van der Waals surface area contributed by atoms with Crippen molar-refractivity contribution in [2.75, 3.05) is 26.4 Å². The molecule has 0 aromatic heterocycles. The minimum Gasteiger partial charge on any atom is -0.481 e. The van der Waals surface area contributed by atoms with E-state index in [1.165, 1.54) is 39.8 Å². The number of carbonyl (C=O) groups excluding carboxylic acids is 6. The lowest BCUT2D eigenvalue weighted by atomic mass is 9.53. The number of fused-ring (bicyclic) bond motifs is 2. The van der Waals surface area contributed by atoms with Gasteiger partial charge in [-0.2, -0.15) is 0 Å². The molecule has 6 unspecified atom stereocenters. The van der Waals surface area contributed by atoms with Crippen molar-refractivity contribution in [3.05, 3.63) is 60.8 Å². The standard InChI is InChI=1S/C34H40O16/c1-15(2)29(39)45-11-19(12-46-30(40)16(3)4)49-33(43)25-21-9-10-22(23(25)27(35)36)26(24(21)28(37)38)34(44)50-20(13-47-31(41)17(5)6)14-48-32(42)18(7)8/h9-10,19-26H,1,3,5,7,11-14H2,2,4,6,8H3,(H,35,36)(H,37,38). The van der Waals surface area contributed by atoms with E-state index in [2.05, 4.69) is 26.3 Å². The van der Waals surface area contributed by atoms with Gasteiger partial charge in [0, 0.05) is 34.1 Å². The van der Waals surface area contributed by atoms with Gasteiger partial charge in [0.05, 0.1) is 23.7 Å². The molecule has 0 amide bonds. The summed E-state index contributed by atoms with van der Waals surface area (Å²) in [4.78, 5) is 101. The fraction of sp³-hybridized carbons (Fsp3) is 0.471. The first-order valence-electron chi connectivity index (χ1n) is 15.1. The first kappa shape index (κ1) is 40.6. The zero-order chi connectivity index (χ0) is 38.0. The van der Waals surface area contributed by atoms with Crippen molar-refractivity contribution in [3.63, 3.8) is 0 Å². The fourth-order valence-electron chi connectivity index (χ4n) is 5.27. The summed E-state index contributed by atoms with van der Waals surface area (Å²) in [5.41, 5.74) is 0.00780. The van der Waals surface area contributed by atoms with Crippen LogP contribution in [0.15, 0.2) is 60.8 Å². The molecule has 1 saturated carbocycles. The second-order valence-electron chi connectivity index (χ2n) is 12.0. The molecule has 6 atom stereocenters. The van der Waals surface area contributed by atoms with E-state index in [1.807, 2.05) is 0 Å². The second kappa shape index (κ2) is 17.7. The summed E-state index contributed by atoms with van der Waals surface area (Å²) < 4.78 is 31.0. The van der Waals surface area contributed by atoms with Crippen molar-refractivity contribution in [1.29, 1.82) is 0 Å². The topological polar surface area (TPSA) is 232 Å². The molecule has 272 valence electrons. The van der Waals surface area contributed by atoms with Gasteiger partial charge in [0.25, 0.3) is 0 Å². The average Bonchev–Trinajstić information content (AvgIpc) is 3.04. The molecule has 3 rings (SSSR count). The van der Waals surface area contributed by atoms with Crippen LogP contribution in [0.25, 0.3) is 0 Å². The Morgan fingerprint density at radius 1 is 0.500 bits per heavy atom. The maximum atomic E-state index is 13.6. The first-order chi connectivity index (χ1) is 23.3. The molecule has 1 fully saturated rings. The molecule has 0 aromatic rings. The number of carbonyl (C=O) groups is 8. The Labute approximate surface area is 287 Å². The number of hydrogen-bond donors (Lipinski definition) is 2. The Hall–Kier alpha value is -5.54. The molecule has 0 aliphatic heterocycles. The molecule has 2 N–H and O–H groups in total. The van der Waals surface area contributed by atoms with Crippen LogP contribution in [0.5, 0.6) is 0 Å². The van der Waals surface area contributed by atoms with Crippen molar-refractivity contribution < 1.29 is 77.0 Å². The summed E-state index contributed by atoms with van der Waals surface area (Å²) in [5.74, 6) is -18.7. The van der Waals surface area contributed by atoms with Gasteiger partial charge in [-0.15, -0.1) is 0 Å². The van der Waals surface area contributed by atoms with Gasteiger partial charge in [-0.3, -0.25) is 19.2 Å². The highest BCUT2D eigenvalue weighted by Crippen LogP contribution is 2.52. The summed E-state index contributed by atoms with van der Waals surface area (Å²) in [6.45, 7) is 16.6. The normalized spacial score (nSPS) is 21.7. The Morgan fingerprint density at radius 3 is 0.940 bits per heavy atom. The van der Waals surface area contributed by atoms with Gasteiger partial charge < -0.3 is 38.6 Å². The molecular formula is C34H40O16. The van der Waals surface area contributed by atoms with Gasteiger partial charge in [0.15, 0.2) is 12.2 Å². The van der Waals surface area contributed by atoms with Crippen molar-refractivity contribution in [2.45, 2.75) is 39.9 Å². The molecule has 16 nitrogen and oxygen atoms in total. The van der Waals surface area contributed by atoms with E-state index in [0.717, 1.165) is 0 Å². The number of allylic oxidation sites excluding steroid dienone is 2. The zero-order valence-corrected chi connectivity index (χ0v) is 28.0. The molecular weight excluding hydrogens is 664 g/mol. The molecule has 3 aliphatic carbocycles. The molecule has 2 bridgehead atoms. The van der Waals surface area contributed by atoms with E-state index in [0.29, 0.717) is 0 Å². The van der Waals surface area contributed by atoms with E-state index in [9.17, 15) is 48.6 Å². The number of esters is 6. The van der Waals surface area contributed by atoms with Gasteiger partial charge in [-0.1, -0.05) is 38.5 Å². The Morgan fingerprint density at radius 2 is 0.740 bits per heavy atom. The van der Waals surface area contributed by atoms with E-state index in [1.54, 1.807) is 0 Å². The van der Waals surface area contributed by atoms with Crippen molar-refractivity contribution >= 4 is 47.8 Å². The van der Waals surface area contributed by atoms with Crippen LogP contribution in [0.1, 0.15) is 27.7 Å². The average molecular weight is 705 g/mol. The predicted molar refractivity (Wildman–Crippen MR) is 168 cm³/mol. The highest BCUT2D eigenvalue weighted by Gasteiger charge is 2.62. The highest BCUT2D eigenvalue weighted by molar-refractivity contribution is 5.90. The van der Waals surface area contributed by atoms with Gasteiger partial charge in [-0.05, 0) is 27.7 Å². The van der Waals surface area contributed by atoms with Gasteiger partial charge in [0.2, 0.25) is 0 Å². The maximum Gasteiger partial charge on any atom is 0.333 e. The molecule has 0 spiro atoms. The number of hydrogen-bond acceptors (Lipinski definition) is 14. The fourth-order valence-corrected chi connectivity index (χ4v) is 5.27. The number of rotatable bonds is 18. The molecule has 0 heterocycles. The van der Waals surface area contributed by atoms with Crippen LogP contribution in [0, 0.1) is 35.5 Å². The molecule has 16 heteroatoms. The highest BCUT2D eigenvalue weighted by atomic mass is 16.6. The minimum absolute atomic E-state index is 0.00195. The third kappa shape index (κ3) is 10.5. The van der Waals surface area contributed by atoms with Gasteiger partial charge in [-0.25, -0.2) is 19.2 Å². The quantitative estimate of drug-likeness (QED) is 0.0895. The Bertz CT molecular complexity index is 1330. The third-order valence-corrected chi connectivity index (χ3v) is 7.66. The van der Waals surface area contributed by atoms with Crippen molar-refractivity contribution in [1.82, 2.24) is 0 Å². The van der Waals surface area contributed by atoms with E-state index >= 15 is 0 Å². The molecule has 0 saturated heterocycles. The van der Waals surface area contributed by atoms with Crippen LogP contribution in [-0.4, -0.2) is 96.6 Å². The van der Waals surface area contributed by atoms with Crippen LogP contribution in [0.4, 0.5) is 0 Å². The van der Waals surface area contributed by atoms with Crippen LogP contribution >= 0.6 is 0 Å². The summed E-state index contributed by atoms with van der Waals surface area (Å²) >= 11 is 0. The number of carboxylic acids is 2.